The maximum Gasteiger partial charge on any atom is 0.291 e. The number of furan rings is 1. The Balaban J connectivity index is 1.78. The van der Waals surface area contributed by atoms with E-state index in [1.165, 1.54) is 6.26 Å². The molecule has 1 aliphatic heterocycles. The molecule has 1 aliphatic rings. The molecule has 0 radical (unpaired) electrons. The highest BCUT2D eigenvalue weighted by molar-refractivity contribution is 6.06. The lowest BCUT2D eigenvalue weighted by Crippen LogP contribution is -2.26. The zero-order chi connectivity index (χ0) is 15.5. The average molecular weight is 297 g/mol. The van der Waals surface area contributed by atoms with E-state index in [0.717, 1.165) is 16.8 Å². The highest BCUT2D eigenvalue weighted by atomic mass is 16.3. The van der Waals surface area contributed by atoms with E-state index in [1.807, 2.05) is 25.1 Å². The van der Waals surface area contributed by atoms with Crippen molar-refractivity contribution in [2.75, 3.05) is 5.32 Å². The second-order valence-corrected chi connectivity index (χ2v) is 5.05. The van der Waals surface area contributed by atoms with E-state index in [0.29, 0.717) is 18.5 Å². The minimum absolute atomic E-state index is 0.0660. The van der Waals surface area contributed by atoms with Crippen molar-refractivity contribution in [2.45, 2.75) is 19.8 Å². The van der Waals surface area contributed by atoms with Gasteiger partial charge in [0.2, 0.25) is 5.91 Å². The van der Waals surface area contributed by atoms with Gasteiger partial charge in [0, 0.05) is 24.1 Å². The first kappa shape index (κ1) is 14.1. The summed E-state index contributed by atoms with van der Waals surface area (Å²) in [5.74, 6) is -0.0933. The van der Waals surface area contributed by atoms with Crippen molar-refractivity contribution >= 4 is 23.2 Å². The van der Waals surface area contributed by atoms with Gasteiger partial charge in [0.05, 0.1) is 12.0 Å². The molecule has 2 aromatic rings. The summed E-state index contributed by atoms with van der Waals surface area (Å²) >= 11 is 0. The topological polar surface area (TPSA) is 83.7 Å². The molecule has 2 amide bonds. The van der Waals surface area contributed by atoms with Gasteiger partial charge in [0.25, 0.3) is 5.91 Å². The Hall–Kier alpha value is -2.89. The second-order valence-electron chi connectivity index (χ2n) is 5.05. The van der Waals surface area contributed by atoms with Gasteiger partial charge in [-0.1, -0.05) is 6.07 Å². The Kier molecular flexibility index (Phi) is 3.74. The van der Waals surface area contributed by atoms with Crippen LogP contribution < -0.4 is 10.7 Å². The molecule has 0 atom stereocenters. The van der Waals surface area contributed by atoms with Gasteiger partial charge in [0.1, 0.15) is 0 Å². The molecule has 0 spiro atoms. The Bertz CT molecular complexity index is 748. The molecule has 0 saturated carbocycles. The van der Waals surface area contributed by atoms with Crippen LogP contribution in [0.2, 0.25) is 0 Å². The van der Waals surface area contributed by atoms with E-state index in [9.17, 15) is 9.59 Å². The minimum Gasteiger partial charge on any atom is -0.459 e. The van der Waals surface area contributed by atoms with Crippen LogP contribution in [0.1, 0.15) is 34.5 Å². The predicted molar refractivity (Wildman–Crippen MR) is 81.8 cm³/mol. The smallest absolute Gasteiger partial charge is 0.291 e. The summed E-state index contributed by atoms with van der Waals surface area (Å²) in [5, 5.41) is 6.87. The van der Waals surface area contributed by atoms with Crippen LogP contribution >= 0.6 is 0 Å². The van der Waals surface area contributed by atoms with Crippen LogP contribution in [-0.2, 0) is 4.79 Å². The SMILES string of the molecule is Cc1cc(NC(=O)c2ccco2)ccc1C1=NNC(=O)CC1. The number of aryl methyl sites for hydroxylation is 1. The molecule has 0 unspecified atom stereocenters. The van der Waals surface area contributed by atoms with Crippen molar-refractivity contribution in [1.82, 2.24) is 5.43 Å². The fraction of sp³-hybridized carbons (Fsp3) is 0.188. The van der Waals surface area contributed by atoms with Crippen LogP contribution in [0.3, 0.4) is 0 Å². The third-order valence-electron chi connectivity index (χ3n) is 3.44. The number of nitrogens with zero attached hydrogens (tertiary/aromatic N) is 1. The third-order valence-corrected chi connectivity index (χ3v) is 3.44. The molecule has 0 saturated heterocycles. The lowest BCUT2D eigenvalue weighted by Gasteiger charge is -2.15. The van der Waals surface area contributed by atoms with Crippen LogP contribution in [0.15, 0.2) is 46.1 Å². The number of hydrogen-bond acceptors (Lipinski definition) is 4. The molecular weight excluding hydrogens is 282 g/mol. The highest BCUT2D eigenvalue weighted by Crippen LogP contribution is 2.19. The number of anilines is 1. The van der Waals surface area contributed by atoms with E-state index in [-0.39, 0.29) is 17.6 Å². The fourth-order valence-electron chi connectivity index (χ4n) is 2.33. The number of nitrogens with one attached hydrogen (secondary N) is 2. The molecule has 2 N–H and O–H groups in total. The van der Waals surface area contributed by atoms with Crippen LogP contribution in [-0.4, -0.2) is 17.5 Å². The first-order chi connectivity index (χ1) is 10.6. The highest BCUT2D eigenvalue weighted by Gasteiger charge is 2.15. The van der Waals surface area contributed by atoms with Crippen molar-refractivity contribution in [3.8, 4) is 0 Å². The number of hydrogen-bond donors (Lipinski definition) is 2. The first-order valence-corrected chi connectivity index (χ1v) is 6.95. The van der Waals surface area contributed by atoms with E-state index in [1.54, 1.807) is 12.1 Å². The van der Waals surface area contributed by atoms with Gasteiger partial charge in [-0.05, 0) is 36.8 Å². The lowest BCUT2D eigenvalue weighted by molar-refractivity contribution is -0.121. The summed E-state index contributed by atoms with van der Waals surface area (Å²) < 4.78 is 5.06. The van der Waals surface area contributed by atoms with Gasteiger partial charge < -0.3 is 9.73 Å². The summed E-state index contributed by atoms with van der Waals surface area (Å²) in [5.41, 5.74) is 5.97. The zero-order valence-corrected chi connectivity index (χ0v) is 12.1. The lowest BCUT2D eigenvalue weighted by atomic mass is 9.99. The van der Waals surface area contributed by atoms with Crippen LogP contribution in [0, 0.1) is 6.92 Å². The summed E-state index contributed by atoms with van der Waals surface area (Å²) in [6, 6.07) is 8.84. The van der Waals surface area contributed by atoms with Gasteiger partial charge in [-0.2, -0.15) is 5.10 Å². The summed E-state index contributed by atoms with van der Waals surface area (Å²) in [6.45, 7) is 1.94. The van der Waals surface area contributed by atoms with Gasteiger partial charge >= 0.3 is 0 Å². The van der Waals surface area contributed by atoms with Crippen molar-refractivity contribution in [3.05, 3.63) is 53.5 Å². The van der Waals surface area contributed by atoms with E-state index >= 15 is 0 Å². The molecule has 3 rings (SSSR count). The van der Waals surface area contributed by atoms with E-state index in [2.05, 4.69) is 15.8 Å². The van der Waals surface area contributed by atoms with Crippen LogP contribution in [0.25, 0.3) is 0 Å². The summed E-state index contributed by atoms with van der Waals surface area (Å²) in [4.78, 5) is 23.1. The molecule has 0 aliphatic carbocycles. The maximum atomic E-state index is 11.9. The average Bonchev–Trinajstić information content (AvgIpc) is 3.03. The zero-order valence-electron chi connectivity index (χ0n) is 12.1. The third kappa shape index (κ3) is 2.90. The maximum absolute atomic E-state index is 11.9. The molecule has 1 aromatic carbocycles. The Morgan fingerprint density at radius 1 is 1.32 bits per heavy atom. The van der Waals surface area contributed by atoms with Gasteiger partial charge in [-0.15, -0.1) is 0 Å². The van der Waals surface area contributed by atoms with Crippen LogP contribution in [0.4, 0.5) is 5.69 Å². The number of hydrazone groups is 1. The molecule has 2 heterocycles. The van der Waals surface area contributed by atoms with Gasteiger partial charge in [-0.3, -0.25) is 9.59 Å². The quantitative estimate of drug-likeness (QED) is 0.912. The molecule has 6 nitrogen and oxygen atoms in total. The van der Waals surface area contributed by atoms with Gasteiger partial charge in [0.15, 0.2) is 5.76 Å². The molecule has 6 heteroatoms. The Morgan fingerprint density at radius 2 is 2.18 bits per heavy atom. The molecule has 0 fully saturated rings. The summed E-state index contributed by atoms with van der Waals surface area (Å²) in [6.07, 6.45) is 2.51. The van der Waals surface area contributed by atoms with Crippen molar-refractivity contribution in [2.24, 2.45) is 5.10 Å². The van der Waals surface area contributed by atoms with Crippen LogP contribution in [0.5, 0.6) is 0 Å². The standard InChI is InChI=1S/C16H15N3O3/c1-10-9-11(17-16(21)14-3-2-8-22-14)4-5-12(10)13-6-7-15(20)19-18-13/h2-5,8-9H,6-7H2,1H3,(H,17,21)(H,19,20). The molecule has 1 aromatic heterocycles. The molecule has 0 bridgehead atoms. The number of rotatable bonds is 3. The Labute approximate surface area is 127 Å². The van der Waals surface area contributed by atoms with E-state index in [4.69, 9.17) is 4.42 Å². The number of amides is 2. The Morgan fingerprint density at radius 3 is 2.82 bits per heavy atom. The molecular formula is C16H15N3O3. The van der Waals surface area contributed by atoms with Gasteiger partial charge in [-0.25, -0.2) is 5.43 Å². The van der Waals surface area contributed by atoms with Crippen molar-refractivity contribution in [1.29, 1.82) is 0 Å². The monoisotopic (exact) mass is 297 g/mol. The largest absolute Gasteiger partial charge is 0.459 e. The molecule has 22 heavy (non-hydrogen) atoms. The molecule has 112 valence electrons. The normalized spacial score (nSPS) is 14.2. The van der Waals surface area contributed by atoms with Crippen molar-refractivity contribution < 1.29 is 14.0 Å². The summed E-state index contributed by atoms with van der Waals surface area (Å²) in [7, 11) is 0. The number of benzene rings is 1. The van der Waals surface area contributed by atoms with E-state index < -0.39 is 0 Å². The predicted octanol–water partition coefficient (Wildman–Crippen LogP) is 2.45. The van der Waals surface area contributed by atoms with Crippen molar-refractivity contribution in [3.63, 3.8) is 0 Å². The second kappa shape index (κ2) is 5.85. The minimum atomic E-state index is -0.292. The first-order valence-electron chi connectivity index (χ1n) is 6.95. The fourth-order valence-corrected chi connectivity index (χ4v) is 2.33. The number of carbonyl (C=O) groups is 2. The number of carbonyl (C=O) groups excluding carboxylic acids is 2.